The number of rotatable bonds is 4. The highest BCUT2D eigenvalue weighted by Gasteiger charge is 2.31. The lowest BCUT2D eigenvalue weighted by molar-refractivity contribution is 0.0643. The summed E-state index contributed by atoms with van der Waals surface area (Å²) in [5, 5.41) is 3.45. The summed E-state index contributed by atoms with van der Waals surface area (Å²) >= 11 is 3.73. The Labute approximate surface area is 130 Å². The van der Waals surface area contributed by atoms with Gasteiger partial charge in [-0.05, 0) is 47.5 Å². The molecule has 1 fully saturated rings. The van der Waals surface area contributed by atoms with E-state index in [0.717, 1.165) is 30.8 Å². The minimum absolute atomic E-state index is 0.0401. The Morgan fingerprint density at radius 1 is 1.40 bits per heavy atom. The Kier molecular flexibility index (Phi) is 5.10. The Morgan fingerprint density at radius 2 is 2.15 bits per heavy atom. The minimum Gasteiger partial charge on any atom is -0.377 e. The SMILES string of the molecule is CC(C)NCc1ccc(N2CCOCC2(C)C)c(Br)c1. The molecule has 0 amide bonds. The molecule has 1 N–H and O–H groups in total. The zero-order valence-electron chi connectivity index (χ0n) is 12.9. The van der Waals surface area contributed by atoms with Crippen LogP contribution in [0.4, 0.5) is 5.69 Å². The summed E-state index contributed by atoms with van der Waals surface area (Å²) in [6, 6.07) is 7.15. The topological polar surface area (TPSA) is 24.5 Å². The van der Waals surface area contributed by atoms with Crippen LogP contribution in [0, 0.1) is 0 Å². The molecule has 112 valence electrons. The predicted octanol–water partition coefficient (Wildman–Crippen LogP) is 3.56. The van der Waals surface area contributed by atoms with Crippen LogP contribution in [0.5, 0.6) is 0 Å². The first-order chi connectivity index (χ1) is 9.40. The van der Waals surface area contributed by atoms with Crippen LogP contribution in [0.2, 0.25) is 0 Å². The van der Waals surface area contributed by atoms with E-state index < -0.39 is 0 Å². The summed E-state index contributed by atoms with van der Waals surface area (Å²) in [7, 11) is 0. The highest BCUT2D eigenvalue weighted by molar-refractivity contribution is 9.10. The van der Waals surface area contributed by atoms with Crippen molar-refractivity contribution in [1.82, 2.24) is 5.32 Å². The third kappa shape index (κ3) is 3.74. The summed E-state index contributed by atoms with van der Waals surface area (Å²) < 4.78 is 6.76. The fraction of sp³-hybridized carbons (Fsp3) is 0.625. The number of nitrogens with zero attached hydrogens (tertiary/aromatic N) is 1. The summed E-state index contributed by atoms with van der Waals surface area (Å²) in [6.07, 6.45) is 0. The van der Waals surface area contributed by atoms with E-state index in [1.807, 2.05) is 0 Å². The standard InChI is InChI=1S/C16H25BrN2O/c1-12(2)18-10-13-5-6-15(14(17)9-13)19-7-8-20-11-16(19,3)4/h5-6,9,12,18H,7-8,10-11H2,1-4H3. The van der Waals surface area contributed by atoms with E-state index in [2.05, 4.69) is 72.0 Å². The van der Waals surface area contributed by atoms with Crippen molar-refractivity contribution in [2.24, 2.45) is 0 Å². The molecule has 1 aliphatic rings. The van der Waals surface area contributed by atoms with Crippen molar-refractivity contribution in [2.45, 2.75) is 45.8 Å². The number of anilines is 1. The first-order valence-electron chi connectivity index (χ1n) is 7.27. The quantitative estimate of drug-likeness (QED) is 0.906. The Balaban J connectivity index is 2.16. The van der Waals surface area contributed by atoms with Crippen molar-refractivity contribution >= 4 is 21.6 Å². The van der Waals surface area contributed by atoms with Crippen molar-refractivity contribution < 1.29 is 4.74 Å². The normalized spacial score (nSPS) is 18.6. The van der Waals surface area contributed by atoms with E-state index in [1.54, 1.807) is 0 Å². The summed E-state index contributed by atoms with van der Waals surface area (Å²) in [4.78, 5) is 2.43. The molecule has 1 aromatic carbocycles. The molecule has 1 heterocycles. The van der Waals surface area contributed by atoms with Gasteiger partial charge in [0, 0.05) is 23.6 Å². The molecule has 0 aromatic heterocycles. The van der Waals surface area contributed by atoms with Gasteiger partial charge in [-0.2, -0.15) is 0 Å². The smallest absolute Gasteiger partial charge is 0.0694 e. The van der Waals surface area contributed by atoms with Crippen LogP contribution in [-0.4, -0.2) is 31.3 Å². The Morgan fingerprint density at radius 3 is 2.75 bits per heavy atom. The van der Waals surface area contributed by atoms with Gasteiger partial charge in [-0.25, -0.2) is 0 Å². The molecule has 2 rings (SSSR count). The van der Waals surface area contributed by atoms with Gasteiger partial charge >= 0.3 is 0 Å². The molecule has 0 bridgehead atoms. The molecular formula is C16H25BrN2O. The van der Waals surface area contributed by atoms with Crippen LogP contribution in [0.3, 0.4) is 0 Å². The number of nitrogens with one attached hydrogen (secondary N) is 1. The second kappa shape index (κ2) is 6.46. The van der Waals surface area contributed by atoms with Gasteiger partial charge in [-0.1, -0.05) is 19.9 Å². The van der Waals surface area contributed by atoms with E-state index in [1.165, 1.54) is 11.3 Å². The molecule has 1 saturated heterocycles. The van der Waals surface area contributed by atoms with Crippen LogP contribution in [0.25, 0.3) is 0 Å². The third-order valence-electron chi connectivity index (χ3n) is 3.66. The monoisotopic (exact) mass is 340 g/mol. The zero-order chi connectivity index (χ0) is 14.8. The first-order valence-corrected chi connectivity index (χ1v) is 8.06. The van der Waals surface area contributed by atoms with Crippen molar-refractivity contribution in [3.05, 3.63) is 28.2 Å². The van der Waals surface area contributed by atoms with Gasteiger partial charge in [-0.3, -0.25) is 0 Å². The third-order valence-corrected chi connectivity index (χ3v) is 4.30. The van der Waals surface area contributed by atoms with Crippen molar-refractivity contribution in [1.29, 1.82) is 0 Å². The van der Waals surface area contributed by atoms with Gasteiger partial charge in [-0.15, -0.1) is 0 Å². The average molecular weight is 341 g/mol. The molecule has 4 heteroatoms. The predicted molar refractivity (Wildman–Crippen MR) is 88.4 cm³/mol. The molecule has 1 aromatic rings. The Hall–Kier alpha value is -0.580. The molecule has 0 atom stereocenters. The number of ether oxygens (including phenoxy) is 1. The highest BCUT2D eigenvalue weighted by Crippen LogP contribution is 2.33. The lowest BCUT2D eigenvalue weighted by atomic mass is 10.0. The molecular weight excluding hydrogens is 316 g/mol. The molecule has 0 saturated carbocycles. The maximum atomic E-state index is 5.60. The van der Waals surface area contributed by atoms with Gasteiger partial charge < -0.3 is 15.0 Å². The molecule has 0 aliphatic carbocycles. The molecule has 0 spiro atoms. The number of hydrogen-bond acceptors (Lipinski definition) is 3. The van der Waals surface area contributed by atoms with E-state index in [-0.39, 0.29) is 5.54 Å². The molecule has 0 unspecified atom stereocenters. The van der Waals surface area contributed by atoms with E-state index in [0.29, 0.717) is 6.04 Å². The maximum Gasteiger partial charge on any atom is 0.0694 e. The second-order valence-electron chi connectivity index (χ2n) is 6.34. The first kappa shape index (κ1) is 15.8. The molecule has 0 radical (unpaired) electrons. The molecule has 1 aliphatic heterocycles. The molecule has 3 nitrogen and oxygen atoms in total. The second-order valence-corrected chi connectivity index (χ2v) is 7.19. The zero-order valence-corrected chi connectivity index (χ0v) is 14.5. The van der Waals surface area contributed by atoms with Gasteiger partial charge in [0.1, 0.15) is 0 Å². The number of halogens is 1. The summed E-state index contributed by atoms with van der Waals surface area (Å²) in [6.45, 7) is 12.2. The van der Waals surface area contributed by atoms with E-state index >= 15 is 0 Å². The number of morpholine rings is 1. The van der Waals surface area contributed by atoms with Crippen LogP contribution in [-0.2, 0) is 11.3 Å². The molecule has 20 heavy (non-hydrogen) atoms. The largest absolute Gasteiger partial charge is 0.377 e. The number of benzene rings is 1. The van der Waals surface area contributed by atoms with Crippen LogP contribution < -0.4 is 10.2 Å². The fourth-order valence-corrected chi connectivity index (χ4v) is 3.15. The maximum absolute atomic E-state index is 5.60. The van der Waals surface area contributed by atoms with Crippen LogP contribution in [0.1, 0.15) is 33.3 Å². The number of hydrogen-bond donors (Lipinski definition) is 1. The van der Waals surface area contributed by atoms with Gasteiger partial charge in [0.25, 0.3) is 0 Å². The van der Waals surface area contributed by atoms with Gasteiger partial charge in [0.15, 0.2) is 0 Å². The van der Waals surface area contributed by atoms with E-state index in [9.17, 15) is 0 Å². The Bertz CT molecular complexity index is 460. The van der Waals surface area contributed by atoms with Crippen molar-refractivity contribution in [3.63, 3.8) is 0 Å². The van der Waals surface area contributed by atoms with Crippen molar-refractivity contribution in [3.8, 4) is 0 Å². The summed E-state index contributed by atoms with van der Waals surface area (Å²) in [5.74, 6) is 0. The highest BCUT2D eigenvalue weighted by atomic mass is 79.9. The minimum atomic E-state index is 0.0401. The van der Waals surface area contributed by atoms with Crippen molar-refractivity contribution in [2.75, 3.05) is 24.7 Å². The lowest BCUT2D eigenvalue weighted by Crippen LogP contribution is -2.53. The summed E-state index contributed by atoms with van der Waals surface area (Å²) in [5.41, 5.74) is 2.60. The lowest BCUT2D eigenvalue weighted by Gasteiger charge is -2.44. The van der Waals surface area contributed by atoms with Gasteiger partial charge in [0.05, 0.1) is 24.4 Å². The van der Waals surface area contributed by atoms with Gasteiger partial charge in [0.2, 0.25) is 0 Å². The van der Waals surface area contributed by atoms with Crippen LogP contribution in [0.15, 0.2) is 22.7 Å². The van der Waals surface area contributed by atoms with Crippen LogP contribution >= 0.6 is 15.9 Å². The average Bonchev–Trinajstić information content (AvgIpc) is 2.37. The van der Waals surface area contributed by atoms with E-state index in [4.69, 9.17) is 4.74 Å². The fourth-order valence-electron chi connectivity index (χ4n) is 2.51.